The van der Waals surface area contributed by atoms with Crippen molar-refractivity contribution in [2.45, 2.75) is 25.4 Å². The van der Waals surface area contributed by atoms with E-state index in [1.165, 1.54) is 0 Å². The Kier molecular flexibility index (Phi) is 6.14. The Morgan fingerprint density at radius 1 is 1.30 bits per heavy atom. The van der Waals surface area contributed by atoms with Gasteiger partial charge in [0.25, 0.3) is 0 Å². The number of nitrogens with one attached hydrogen (secondary N) is 1. The Balaban J connectivity index is 2.13. The Hall–Kier alpha value is -1.92. The molecule has 3 N–H and O–H groups in total. The smallest absolute Gasteiger partial charge is 0.389 e. The minimum atomic E-state index is -4.18. The molecule has 0 aliphatic carbocycles. The van der Waals surface area contributed by atoms with Gasteiger partial charge in [0, 0.05) is 13.0 Å². The molecule has 1 amide bonds. The normalized spacial score (nSPS) is 11.2. The summed E-state index contributed by atoms with van der Waals surface area (Å²) >= 11 is 0. The summed E-state index contributed by atoms with van der Waals surface area (Å²) in [5.74, 6) is 0.138. The standard InChI is InChI=1S/C13H17F3N2O2/c14-13(15,16)7-3-8-18-12(19)6-9-20-11-5-2-1-4-10(11)17/h1-2,4-5H,3,6-9,17H2,(H,18,19). The first-order valence-corrected chi connectivity index (χ1v) is 6.19. The van der Waals surface area contributed by atoms with E-state index in [0.717, 1.165) is 0 Å². The second-order valence-electron chi connectivity index (χ2n) is 4.20. The first kappa shape index (κ1) is 16.1. The molecule has 1 aromatic rings. The van der Waals surface area contributed by atoms with E-state index in [0.29, 0.717) is 11.4 Å². The molecule has 0 saturated carbocycles. The van der Waals surface area contributed by atoms with E-state index in [1.807, 2.05) is 0 Å². The molecular formula is C13H17F3N2O2. The van der Waals surface area contributed by atoms with E-state index in [2.05, 4.69) is 5.32 Å². The number of alkyl halides is 3. The Labute approximate surface area is 115 Å². The van der Waals surface area contributed by atoms with Gasteiger partial charge in [-0.05, 0) is 18.6 Å². The van der Waals surface area contributed by atoms with Crippen molar-refractivity contribution >= 4 is 11.6 Å². The molecular weight excluding hydrogens is 273 g/mol. The van der Waals surface area contributed by atoms with Crippen molar-refractivity contribution < 1.29 is 22.7 Å². The van der Waals surface area contributed by atoms with Gasteiger partial charge in [0.1, 0.15) is 5.75 Å². The lowest BCUT2D eigenvalue weighted by Gasteiger charge is -2.09. The highest BCUT2D eigenvalue weighted by molar-refractivity contribution is 5.75. The molecule has 7 heteroatoms. The maximum Gasteiger partial charge on any atom is 0.389 e. The molecule has 0 heterocycles. The van der Waals surface area contributed by atoms with Crippen molar-refractivity contribution in [2.75, 3.05) is 18.9 Å². The largest absolute Gasteiger partial charge is 0.491 e. The van der Waals surface area contributed by atoms with Crippen LogP contribution in [0.5, 0.6) is 5.75 Å². The molecule has 20 heavy (non-hydrogen) atoms. The Bertz CT molecular complexity index is 436. The van der Waals surface area contributed by atoms with Gasteiger partial charge in [-0.3, -0.25) is 4.79 Å². The molecule has 0 aliphatic rings. The second-order valence-corrected chi connectivity index (χ2v) is 4.20. The van der Waals surface area contributed by atoms with Crippen LogP contribution in [-0.4, -0.2) is 25.2 Å². The number of para-hydroxylation sites is 2. The number of amides is 1. The van der Waals surface area contributed by atoms with Crippen LogP contribution in [-0.2, 0) is 4.79 Å². The Morgan fingerprint density at radius 2 is 2.00 bits per heavy atom. The maximum absolute atomic E-state index is 11.9. The summed E-state index contributed by atoms with van der Waals surface area (Å²) in [7, 11) is 0. The first-order chi connectivity index (χ1) is 9.38. The number of nitrogen functional groups attached to an aromatic ring is 1. The number of hydrogen-bond acceptors (Lipinski definition) is 3. The van der Waals surface area contributed by atoms with Crippen LogP contribution < -0.4 is 15.8 Å². The molecule has 1 rings (SSSR count). The fraction of sp³-hybridized carbons (Fsp3) is 0.462. The summed E-state index contributed by atoms with van der Waals surface area (Å²) < 4.78 is 40.9. The molecule has 0 bridgehead atoms. The van der Waals surface area contributed by atoms with Gasteiger partial charge >= 0.3 is 6.18 Å². The highest BCUT2D eigenvalue weighted by atomic mass is 19.4. The molecule has 0 fully saturated rings. The van der Waals surface area contributed by atoms with Gasteiger partial charge in [-0.25, -0.2) is 0 Å². The molecule has 0 aliphatic heterocycles. The van der Waals surface area contributed by atoms with E-state index < -0.39 is 12.6 Å². The fourth-order valence-electron chi connectivity index (χ4n) is 1.47. The van der Waals surface area contributed by atoms with Crippen LogP contribution in [0.1, 0.15) is 19.3 Å². The van der Waals surface area contributed by atoms with Crippen molar-refractivity contribution in [3.63, 3.8) is 0 Å². The minimum absolute atomic E-state index is 0.00577. The Morgan fingerprint density at radius 3 is 2.65 bits per heavy atom. The van der Waals surface area contributed by atoms with Crippen LogP contribution >= 0.6 is 0 Å². The van der Waals surface area contributed by atoms with Crippen molar-refractivity contribution in [1.29, 1.82) is 0 Å². The average molecular weight is 290 g/mol. The van der Waals surface area contributed by atoms with Gasteiger partial charge in [0.05, 0.1) is 18.7 Å². The molecule has 112 valence electrons. The zero-order valence-corrected chi connectivity index (χ0v) is 10.9. The topological polar surface area (TPSA) is 64.3 Å². The second kappa shape index (κ2) is 7.62. The molecule has 0 atom stereocenters. The molecule has 4 nitrogen and oxygen atoms in total. The number of nitrogens with two attached hydrogens (primary N) is 1. The SMILES string of the molecule is Nc1ccccc1OCCC(=O)NCCCC(F)(F)F. The van der Waals surface area contributed by atoms with Gasteiger partial charge in [-0.2, -0.15) is 13.2 Å². The molecule has 1 aromatic carbocycles. The quantitative estimate of drug-likeness (QED) is 0.599. The van der Waals surface area contributed by atoms with E-state index in [-0.39, 0.29) is 31.9 Å². The van der Waals surface area contributed by atoms with Gasteiger partial charge in [-0.15, -0.1) is 0 Å². The van der Waals surface area contributed by atoms with E-state index in [4.69, 9.17) is 10.5 Å². The number of anilines is 1. The minimum Gasteiger partial charge on any atom is -0.491 e. The third kappa shape index (κ3) is 6.86. The van der Waals surface area contributed by atoms with Gasteiger partial charge < -0.3 is 15.8 Å². The zero-order chi connectivity index (χ0) is 15.0. The van der Waals surface area contributed by atoms with Crippen LogP contribution in [0, 0.1) is 0 Å². The van der Waals surface area contributed by atoms with Crippen molar-refractivity contribution in [1.82, 2.24) is 5.32 Å². The van der Waals surface area contributed by atoms with Crippen molar-refractivity contribution in [2.24, 2.45) is 0 Å². The molecule has 0 radical (unpaired) electrons. The number of benzene rings is 1. The summed E-state index contributed by atoms with van der Waals surface area (Å²) in [5.41, 5.74) is 6.11. The predicted octanol–water partition coefficient (Wildman–Crippen LogP) is 2.50. The highest BCUT2D eigenvalue weighted by Gasteiger charge is 2.25. The zero-order valence-electron chi connectivity index (χ0n) is 10.9. The van der Waals surface area contributed by atoms with Gasteiger partial charge in [-0.1, -0.05) is 12.1 Å². The fourth-order valence-corrected chi connectivity index (χ4v) is 1.47. The lowest BCUT2D eigenvalue weighted by Crippen LogP contribution is -2.26. The maximum atomic E-state index is 11.9. The van der Waals surface area contributed by atoms with Gasteiger partial charge in [0.2, 0.25) is 5.91 Å². The van der Waals surface area contributed by atoms with Crippen LogP contribution in [0.4, 0.5) is 18.9 Å². The monoisotopic (exact) mass is 290 g/mol. The summed E-state index contributed by atoms with van der Waals surface area (Å²) in [6.07, 6.45) is -5.13. The number of ether oxygens (including phenoxy) is 1. The summed E-state index contributed by atoms with van der Waals surface area (Å²) in [6.45, 7) is 0.130. The lowest BCUT2D eigenvalue weighted by molar-refractivity contribution is -0.136. The van der Waals surface area contributed by atoms with Crippen LogP contribution in [0.15, 0.2) is 24.3 Å². The molecule has 0 aromatic heterocycles. The third-order valence-corrected chi connectivity index (χ3v) is 2.46. The van der Waals surface area contributed by atoms with Crippen LogP contribution in [0.3, 0.4) is 0 Å². The summed E-state index contributed by atoms with van der Waals surface area (Å²) in [5, 5.41) is 2.41. The van der Waals surface area contributed by atoms with Crippen LogP contribution in [0.25, 0.3) is 0 Å². The molecule has 0 unspecified atom stereocenters. The lowest BCUT2D eigenvalue weighted by atomic mass is 10.3. The number of halogens is 3. The first-order valence-electron chi connectivity index (χ1n) is 6.19. The van der Waals surface area contributed by atoms with E-state index in [1.54, 1.807) is 24.3 Å². The summed E-state index contributed by atoms with van der Waals surface area (Å²) in [4.78, 5) is 11.3. The van der Waals surface area contributed by atoms with E-state index in [9.17, 15) is 18.0 Å². The summed E-state index contributed by atoms with van der Waals surface area (Å²) in [6, 6.07) is 6.86. The van der Waals surface area contributed by atoms with Crippen molar-refractivity contribution in [3.8, 4) is 5.75 Å². The predicted molar refractivity (Wildman–Crippen MR) is 69.3 cm³/mol. The van der Waals surface area contributed by atoms with Crippen LogP contribution in [0.2, 0.25) is 0 Å². The average Bonchev–Trinajstić information content (AvgIpc) is 2.36. The van der Waals surface area contributed by atoms with Gasteiger partial charge in [0.15, 0.2) is 0 Å². The molecule has 0 spiro atoms. The van der Waals surface area contributed by atoms with Crippen molar-refractivity contribution in [3.05, 3.63) is 24.3 Å². The molecule has 0 saturated heterocycles. The van der Waals surface area contributed by atoms with E-state index >= 15 is 0 Å². The number of carbonyl (C=O) groups excluding carboxylic acids is 1. The number of rotatable bonds is 7. The number of hydrogen-bond donors (Lipinski definition) is 2. The third-order valence-electron chi connectivity index (χ3n) is 2.46. The number of carbonyl (C=O) groups is 1. The highest BCUT2D eigenvalue weighted by Crippen LogP contribution is 2.21.